The van der Waals surface area contributed by atoms with Crippen LogP contribution in [0.3, 0.4) is 0 Å². The third kappa shape index (κ3) is 4.28. The Kier molecular flexibility index (Phi) is 4.86. The number of anilines is 1. The Labute approximate surface area is 143 Å². The van der Waals surface area contributed by atoms with Crippen LogP contribution >= 0.6 is 23.2 Å². The average molecular weight is 343 g/mol. The maximum Gasteiger partial charge on any atom is 0.163 e. The van der Waals surface area contributed by atoms with Crippen LogP contribution in [-0.4, -0.2) is 16.2 Å². The van der Waals surface area contributed by atoms with Crippen molar-refractivity contribution >= 4 is 35.2 Å². The van der Waals surface area contributed by atoms with Crippen LogP contribution in [0.4, 0.5) is 5.82 Å². The van der Waals surface area contributed by atoms with E-state index in [2.05, 4.69) is 20.5 Å². The van der Waals surface area contributed by atoms with Crippen LogP contribution in [0.1, 0.15) is 5.56 Å². The number of halogens is 2. The van der Waals surface area contributed by atoms with E-state index in [0.29, 0.717) is 21.8 Å². The molecule has 114 valence electrons. The molecule has 0 atom stereocenters. The van der Waals surface area contributed by atoms with Gasteiger partial charge in [-0.05, 0) is 17.7 Å². The van der Waals surface area contributed by atoms with Crippen LogP contribution in [0.2, 0.25) is 10.2 Å². The van der Waals surface area contributed by atoms with Crippen LogP contribution in [0.25, 0.3) is 11.4 Å². The Morgan fingerprint density at radius 1 is 0.913 bits per heavy atom. The van der Waals surface area contributed by atoms with Crippen molar-refractivity contribution in [3.8, 4) is 11.4 Å². The molecule has 0 aliphatic heterocycles. The Balaban J connectivity index is 1.79. The number of aromatic nitrogens is 2. The summed E-state index contributed by atoms with van der Waals surface area (Å²) in [5.41, 5.74) is 4.62. The number of nitrogens with one attached hydrogen (secondary N) is 1. The molecule has 6 heteroatoms. The molecule has 0 saturated heterocycles. The van der Waals surface area contributed by atoms with Gasteiger partial charge in [0, 0.05) is 16.7 Å². The largest absolute Gasteiger partial charge is 0.261 e. The summed E-state index contributed by atoms with van der Waals surface area (Å²) in [6, 6.07) is 18.6. The molecule has 0 amide bonds. The number of rotatable bonds is 4. The zero-order valence-electron chi connectivity index (χ0n) is 11.9. The lowest BCUT2D eigenvalue weighted by Gasteiger charge is -2.04. The number of hydrazone groups is 1. The molecule has 0 saturated carbocycles. The van der Waals surface area contributed by atoms with Crippen molar-refractivity contribution in [1.29, 1.82) is 0 Å². The second kappa shape index (κ2) is 7.22. The van der Waals surface area contributed by atoms with Crippen LogP contribution < -0.4 is 5.43 Å². The summed E-state index contributed by atoms with van der Waals surface area (Å²) in [6.07, 6.45) is 1.66. The molecule has 3 rings (SSSR count). The van der Waals surface area contributed by atoms with Gasteiger partial charge in [0.25, 0.3) is 0 Å². The quantitative estimate of drug-likeness (QED) is 0.417. The molecule has 0 aliphatic carbocycles. The smallest absolute Gasteiger partial charge is 0.163 e. The van der Waals surface area contributed by atoms with E-state index in [0.717, 1.165) is 11.1 Å². The lowest BCUT2D eigenvalue weighted by molar-refractivity contribution is 1.15. The number of benzene rings is 2. The first-order valence-electron chi connectivity index (χ1n) is 6.85. The van der Waals surface area contributed by atoms with Crippen molar-refractivity contribution < 1.29 is 0 Å². The second-order valence-corrected chi connectivity index (χ2v) is 5.51. The third-order valence-electron chi connectivity index (χ3n) is 2.97. The van der Waals surface area contributed by atoms with E-state index in [1.54, 1.807) is 12.3 Å². The summed E-state index contributed by atoms with van der Waals surface area (Å²) in [5.74, 6) is 1.06. The minimum atomic E-state index is 0.347. The van der Waals surface area contributed by atoms with Gasteiger partial charge < -0.3 is 0 Å². The fraction of sp³-hybridized carbons (Fsp3) is 0. The molecule has 1 aromatic heterocycles. The van der Waals surface area contributed by atoms with E-state index in [9.17, 15) is 0 Å². The molecule has 4 nitrogen and oxygen atoms in total. The molecule has 1 heterocycles. The lowest BCUT2D eigenvalue weighted by atomic mass is 10.2. The first-order valence-corrected chi connectivity index (χ1v) is 7.61. The standard InChI is InChI=1S/C17H12Cl2N4/c18-14-8-4-5-12(9-14)11-20-23-16-10-15(19)21-17(22-16)13-6-2-1-3-7-13/h1-11H,(H,21,22,23). The van der Waals surface area contributed by atoms with Gasteiger partial charge in [-0.15, -0.1) is 0 Å². The normalized spacial score (nSPS) is 10.9. The van der Waals surface area contributed by atoms with E-state index in [1.807, 2.05) is 54.6 Å². The Morgan fingerprint density at radius 2 is 1.74 bits per heavy atom. The van der Waals surface area contributed by atoms with E-state index in [-0.39, 0.29) is 0 Å². The van der Waals surface area contributed by atoms with Crippen molar-refractivity contribution in [2.45, 2.75) is 0 Å². The van der Waals surface area contributed by atoms with E-state index < -0.39 is 0 Å². The van der Waals surface area contributed by atoms with Crippen LogP contribution in [-0.2, 0) is 0 Å². The van der Waals surface area contributed by atoms with Gasteiger partial charge in [0.1, 0.15) is 5.15 Å². The highest BCUT2D eigenvalue weighted by molar-refractivity contribution is 6.30. The van der Waals surface area contributed by atoms with Crippen molar-refractivity contribution in [2.24, 2.45) is 5.10 Å². The predicted molar refractivity (Wildman–Crippen MR) is 95.1 cm³/mol. The topological polar surface area (TPSA) is 50.2 Å². The molecular formula is C17H12Cl2N4. The Morgan fingerprint density at radius 3 is 2.52 bits per heavy atom. The van der Waals surface area contributed by atoms with Gasteiger partial charge >= 0.3 is 0 Å². The van der Waals surface area contributed by atoms with Gasteiger partial charge in [-0.25, -0.2) is 9.97 Å². The monoisotopic (exact) mass is 342 g/mol. The van der Waals surface area contributed by atoms with Crippen molar-refractivity contribution in [3.05, 3.63) is 76.4 Å². The van der Waals surface area contributed by atoms with Crippen molar-refractivity contribution in [2.75, 3.05) is 5.43 Å². The number of hydrogen-bond donors (Lipinski definition) is 1. The average Bonchev–Trinajstić information content (AvgIpc) is 2.55. The molecular weight excluding hydrogens is 331 g/mol. The van der Waals surface area contributed by atoms with Gasteiger partial charge in [-0.2, -0.15) is 5.10 Å². The summed E-state index contributed by atoms with van der Waals surface area (Å²) in [7, 11) is 0. The Bertz CT molecular complexity index is 835. The van der Waals surface area contributed by atoms with Crippen LogP contribution in [0.15, 0.2) is 65.8 Å². The highest BCUT2D eigenvalue weighted by atomic mass is 35.5. The molecule has 0 radical (unpaired) electrons. The molecule has 3 aromatic rings. The van der Waals surface area contributed by atoms with Gasteiger partial charge in [-0.1, -0.05) is 65.7 Å². The summed E-state index contributed by atoms with van der Waals surface area (Å²) in [5, 5.41) is 5.15. The molecule has 0 bridgehead atoms. The van der Waals surface area contributed by atoms with E-state index in [4.69, 9.17) is 23.2 Å². The maximum absolute atomic E-state index is 6.06. The summed E-state index contributed by atoms with van der Waals surface area (Å²) >= 11 is 12.0. The fourth-order valence-electron chi connectivity index (χ4n) is 1.95. The van der Waals surface area contributed by atoms with E-state index in [1.165, 1.54) is 0 Å². The highest BCUT2D eigenvalue weighted by Crippen LogP contribution is 2.20. The molecule has 0 aliphatic rings. The second-order valence-electron chi connectivity index (χ2n) is 4.69. The van der Waals surface area contributed by atoms with Gasteiger partial charge in [0.15, 0.2) is 11.6 Å². The molecule has 0 spiro atoms. The molecule has 2 aromatic carbocycles. The SMILES string of the molecule is Clc1cccc(C=NNc2cc(Cl)nc(-c3ccccc3)n2)c1. The van der Waals surface area contributed by atoms with Crippen LogP contribution in [0, 0.1) is 0 Å². The predicted octanol–water partition coefficient (Wildman–Crippen LogP) is 4.90. The molecule has 23 heavy (non-hydrogen) atoms. The first-order chi connectivity index (χ1) is 11.2. The molecule has 0 fully saturated rings. The Hall–Kier alpha value is -2.43. The molecule has 1 N–H and O–H groups in total. The summed E-state index contributed by atoms with van der Waals surface area (Å²) < 4.78 is 0. The number of hydrogen-bond acceptors (Lipinski definition) is 4. The summed E-state index contributed by atoms with van der Waals surface area (Å²) in [4.78, 5) is 8.63. The first kappa shape index (κ1) is 15.5. The van der Waals surface area contributed by atoms with Crippen LogP contribution in [0.5, 0.6) is 0 Å². The van der Waals surface area contributed by atoms with Gasteiger partial charge in [0.2, 0.25) is 0 Å². The minimum absolute atomic E-state index is 0.347. The third-order valence-corrected chi connectivity index (χ3v) is 3.40. The van der Waals surface area contributed by atoms with Crippen molar-refractivity contribution in [1.82, 2.24) is 9.97 Å². The van der Waals surface area contributed by atoms with Crippen molar-refractivity contribution in [3.63, 3.8) is 0 Å². The lowest BCUT2D eigenvalue weighted by Crippen LogP contribution is -1.97. The van der Waals surface area contributed by atoms with E-state index >= 15 is 0 Å². The maximum atomic E-state index is 6.06. The van der Waals surface area contributed by atoms with Gasteiger partial charge in [-0.3, -0.25) is 5.43 Å². The fourth-order valence-corrected chi connectivity index (χ4v) is 2.33. The highest BCUT2D eigenvalue weighted by Gasteiger charge is 2.05. The summed E-state index contributed by atoms with van der Waals surface area (Å²) in [6.45, 7) is 0. The molecule has 0 unspecified atom stereocenters. The zero-order chi connectivity index (χ0) is 16.1. The minimum Gasteiger partial charge on any atom is -0.261 e. The zero-order valence-corrected chi connectivity index (χ0v) is 13.5. The number of nitrogens with zero attached hydrogens (tertiary/aromatic N) is 3. The van der Waals surface area contributed by atoms with Gasteiger partial charge in [0.05, 0.1) is 6.21 Å².